The van der Waals surface area contributed by atoms with Crippen LogP contribution in [0.5, 0.6) is 0 Å². The third-order valence-electron chi connectivity index (χ3n) is 3.72. The lowest BCUT2D eigenvalue weighted by Gasteiger charge is -2.06. The Morgan fingerprint density at radius 3 is 2.59 bits per heavy atom. The van der Waals surface area contributed by atoms with Crippen molar-refractivity contribution in [2.24, 2.45) is 0 Å². The summed E-state index contributed by atoms with van der Waals surface area (Å²) in [6.45, 7) is 0.640. The average Bonchev–Trinajstić information content (AvgIpc) is 3.03. The monoisotopic (exact) mass is 294 g/mol. The van der Waals surface area contributed by atoms with E-state index in [1.54, 1.807) is 0 Å². The Morgan fingerprint density at radius 1 is 1.05 bits per heavy atom. The van der Waals surface area contributed by atoms with Crippen LogP contribution in [0.25, 0.3) is 10.9 Å². The number of rotatable bonds is 5. The van der Waals surface area contributed by atoms with Gasteiger partial charge in [0, 0.05) is 29.2 Å². The third kappa shape index (κ3) is 3.18. The average molecular weight is 294 g/mol. The molecular formula is C18H18N2O2. The van der Waals surface area contributed by atoms with Crippen molar-refractivity contribution < 1.29 is 9.90 Å². The zero-order valence-corrected chi connectivity index (χ0v) is 12.2. The van der Waals surface area contributed by atoms with E-state index in [2.05, 4.69) is 10.3 Å². The molecule has 0 aliphatic carbocycles. The fourth-order valence-corrected chi connectivity index (χ4v) is 2.43. The van der Waals surface area contributed by atoms with Crippen LogP contribution in [-0.2, 0) is 13.0 Å². The zero-order valence-electron chi connectivity index (χ0n) is 12.2. The maximum Gasteiger partial charge on any atom is 0.251 e. The van der Waals surface area contributed by atoms with E-state index in [1.165, 1.54) is 0 Å². The quantitative estimate of drug-likeness (QED) is 0.677. The Morgan fingerprint density at radius 2 is 1.82 bits per heavy atom. The van der Waals surface area contributed by atoms with Gasteiger partial charge in [0.2, 0.25) is 0 Å². The molecule has 0 aliphatic heterocycles. The van der Waals surface area contributed by atoms with E-state index in [-0.39, 0.29) is 12.5 Å². The van der Waals surface area contributed by atoms with Gasteiger partial charge in [-0.2, -0.15) is 0 Å². The summed E-state index contributed by atoms with van der Waals surface area (Å²) in [5, 5.41) is 13.0. The number of aromatic nitrogens is 1. The molecule has 1 aromatic heterocycles. The normalized spacial score (nSPS) is 10.8. The van der Waals surface area contributed by atoms with Gasteiger partial charge in [-0.25, -0.2) is 0 Å². The first-order chi connectivity index (χ1) is 10.8. The summed E-state index contributed by atoms with van der Waals surface area (Å²) in [5.41, 5.74) is 3.73. The van der Waals surface area contributed by atoms with Gasteiger partial charge >= 0.3 is 0 Å². The van der Waals surface area contributed by atoms with Gasteiger partial charge in [-0.1, -0.05) is 24.3 Å². The smallest absolute Gasteiger partial charge is 0.251 e. The van der Waals surface area contributed by atoms with Gasteiger partial charge < -0.3 is 15.4 Å². The number of H-pyrrole nitrogens is 1. The summed E-state index contributed by atoms with van der Waals surface area (Å²) in [4.78, 5) is 15.3. The molecule has 3 N–H and O–H groups in total. The highest BCUT2D eigenvalue weighted by Gasteiger charge is 2.06. The van der Waals surface area contributed by atoms with E-state index < -0.39 is 0 Å². The molecular weight excluding hydrogens is 276 g/mol. The van der Waals surface area contributed by atoms with E-state index in [0.29, 0.717) is 12.1 Å². The minimum Gasteiger partial charge on any atom is -0.392 e. The number of aliphatic hydroxyl groups excluding tert-OH is 1. The number of carbonyl (C=O) groups is 1. The number of benzene rings is 2. The highest BCUT2D eigenvalue weighted by atomic mass is 16.3. The van der Waals surface area contributed by atoms with Gasteiger partial charge in [0.25, 0.3) is 5.91 Å². The second kappa shape index (κ2) is 6.45. The Kier molecular flexibility index (Phi) is 4.21. The lowest BCUT2D eigenvalue weighted by Crippen LogP contribution is -2.25. The minimum absolute atomic E-state index is 0.0542. The van der Waals surface area contributed by atoms with Crippen molar-refractivity contribution in [2.75, 3.05) is 6.54 Å². The van der Waals surface area contributed by atoms with Crippen LogP contribution in [-0.4, -0.2) is 22.5 Å². The van der Waals surface area contributed by atoms with Crippen molar-refractivity contribution in [2.45, 2.75) is 13.0 Å². The molecule has 22 heavy (non-hydrogen) atoms. The number of nitrogens with one attached hydrogen (secondary N) is 2. The number of fused-ring (bicyclic) bond motifs is 1. The van der Waals surface area contributed by atoms with Gasteiger partial charge in [-0.15, -0.1) is 0 Å². The molecule has 1 heterocycles. The number of hydrogen-bond acceptors (Lipinski definition) is 2. The predicted molar refractivity (Wildman–Crippen MR) is 86.7 cm³/mol. The predicted octanol–water partition coefficient (Wildman–Crippen LogP) is 2.63. The number of hydrogen-bond donors (Lipinski definition) is 3. The van der Waals surface area contributed by atoms with Crippen molar-refractivity contribution in [3.05, 3.63) is 71.4 Å². The highest BCUT2D eigenvalue weighted by Crippen LogP contribution is 2.14. The molecule has 3 rings (SSSR count). The van der Waals surface area contributed by atoms with Crippen LogP contribution in [0.15, 0.2) is 54.7 Å². The summed E-state index contributed by atoms with van der Waals surface area (Å²) < 4.78 is 0. The number of carbonyl (C=O) groups excluding carboxylic acids is 1. The summed E-state index contributed by atoms with van der Waals surface area (Å²) >= 11 is 0. The van der Waals surface area contributed by atoms with E-state index in [4.69, 9.17) is 5.11 Å². The standard InChI is InChI=1S/C18H18N2O2/c21-12-14-3-1-13(2-4-14)7-9-20-18(22)16-5-6-17-15(11-16)8-10-19-17/h1-6,8,10-11,19,21H,7,9,12H2,(H,20,22). The van der Waals surface area contributed by atoms with Crippen LogP contribution < -0.4 is 5.32 Å². The van der Waals surface area contributed by atoms with Crippen molar-refractivity contribution in [3.63, 3.8) is 0 Å². The second-order valence-corrected chi connectivity index (χ2v) is 5.26. The van der Waals surface area contributed by atoms with E-state index in [1.807, 2.05) is 54.7 Å². The van der Waals surface area contributed by atoms with Gasteiger partial charge in [0.05, 0.1) is 6.61 Å². The van der Waals surface area contributed by atoms with Gasteiger partial charge in [-0.05, 0) is 41.8 Å². The molecule has 4 nitrogen and oxygen atoms in total. The Hall–Kier alpha value is -2.59. The zero-order chi connectivity index (χ0) is 15.4. The molecule has 4 heteroatoms. The van der Waals surface area contributed by atoms with E-state index >= 15 is 0 Å². The van der Waals surface area contributed by atoms with Crippen molar-refractivity contribution in [1.29, 1.82) is 0 Å². The fraction of sp³-hybridized carbons (Fsp3) is 0.167. The Bertz CT molecular complexity index is 775. The second-order valence-electron chi connectivity index (χ2n) is 5.26. The minimum atomic E-state index is -0.0601. The molecule has 0 atom stereocenters. The first-order valence-corrected chi connectivity index (χ1v) is 7.30. The van der Waals surface area contributed by atoms with Gasteiger partial charge in [0.1, 0.15) is 0 Å². The van der Waals surface area contributed by atoms with Gasteiger partial charge in [0.15, 0.2) is 0 Å². The molecule has 2 aromatic carbocycles. The highest BCUT2D eigenvalue weighted by molar-refractivity contribution is 5.98. The van der Waals surface area contributed by atoms with E-state index in [0.717, 1.165) is 28.5 Å². The maximum atomic E-state index is 12.1. The SMILES string of the molecule is O=C(NCCc1ccc(CO)cc1)c1ccc2[nH]ccc2c1. The van der Waals surface area contributed by atoms with Crippen LogP contribution >= 0.6 is 0 Å². The molecule has 112 valence electrons. The molecule has 0 fully saturated rings. The molecule has 0 aliphatic rings. The van der Waals surface area contributed by atoms with Gasteiger partial charge in [-0.3, -0.25) is 4.79 Å². The summed E-state index contributed by atoms with van der Waals surface area (Å²) in [7, 11) is 0. The van der Waals surface area contributed by atoms with Crippen molar-refractivity contribution in [3.8, 4) is 0 Å². The molecule has 0 saturated heterocycles. The van der Waals surface area contributed by atoms with Crippen LogP contribution in [0.3, 0.4) is 0 Å². The Balaban J connectivity index is 1.57. The topological polar surface area (TPSA) is 65.1 Å². The molecule has 1 amide bonds. The fourth-order valence-electron chi connectivity index (χ4n) is 2.43. The lowest BCUT2D eigenvalue weighted by atomic mass is 10.1. The largest absolute Gasteiger partial charge is 0.392 e. The third-order valence-corrected chi connectivity index (χ3v) is 3.72. The number of amides is 1. The molecule has 0 unspecified atom stereocenters. The first-order valence-electron chi connectivity index (χ1n) is 7.30. The van der Waals surface area contributed by atoms with Crippen molar-refractivity contribution >= 4 is 16.8 Å². The van der Waals surface area contributed by atoms with E-state index in [9.17, 15) is 4.79 Å². The number of aliphatic hydroxyl groups is 1. The van der Waals surface area contributed by atoms with Crippen LogP contribution in [0, 0.1) is 0 Å². The summed E-state index contributed by atoms with van der Waals surface area (Å²) in [6, 6.07) is 15.3. The van der Waals surface area contributed by atoms with Crippen molar-refractivity contribution in [1.82, 2.24) is 10.3 Å². The molecule has 0 bridgehead atoms. The van der Waals surface area contributed by atoms with Crippen LogP contribution in [0.1, 0.15) is 21.5 Å². The molecule has 0 spiro atoms. The molecule has 0 saturated carbocycles. The summed E-state index contributed by atoms with van der Waals surface area (Å²) in [6.07, 6.45) is 2.63. The molecule has 3 aromatic rings. The van der Waals surface area contributed by atoms with Crippen LogP contribution in [0.4, 0.5) is 0 Å². The Labute approximate surface area is 128 Å². The maximum absolute atomic E-state index is 12.1. The number of aromatic amines is 1. The molecule has 0 radical (unpaired) electrons. The lowest BCUT2D eigenvalue weighted by molar-refractivity contribution is 0.0954. The van der Waals surface area contributed by atoms with Crippen LogP contribution in [0.2, 0.25) is 0 Å². The summed E-state index contributed by atoms with van der Waals surface area (Å²) in [5.74, 6) is -0.0601. The first kappa shape index (κ1) is 14.4.